The number of anilines is 1. The SMILES string of the molecule is N#Cc1cc(F)ccc1N1CCCN(CCO)CC1. The summed E-state index contributed by atoms with van der Waals surface area (Å²) in [7, 11) is 0. The molecule has 1 aliphatic rings. The molecule has 0 unspecified atom stereocenters. The van der Waals surface area contributed by atoms with Crippen LogP contribution in [0, 0.1) is 17.1 Å². The lowest BCUT2D eigenvalue weighted by atomic mass is 10.1. The molecule has 102 valence electrons. The highest BCUT2D eigenvalue weighted by Crippen LogP contribution is 2.22. The Kier molecular flexibility index (Phi) is 4.72. The molecule has 0 radical (unpaired) electrons. The number of β-amino-alcohol motifs (C(OH)–C–C–N with tert-alkyl or cyclic N) is 1. The minimum absolute atomic E-state index is 0.167. The first-order valence-corrected chi connectivity index (χ1v) is 6.52. The van der Waals surface area contributed by atoms with Gasteiger partial charge in [-0.3, -0.25) is 4.90 Å². The molecule has 1 heterocycles. The molecule has 5 heteroatoms. The number of hydrogen-bond acceptors (Lipinski definition) is 4. The predicted molar refractivity (Wildman–Crippen MR) is 71.5 cm³/mol. The van der Waals surface area contributed by atoms with Crippen LogP contribution in [0.1, 0.15) is 12.0 Å². The van der Waals surface area contributed by atoms with E-state index in [0.717, 1.165) is 38.3 Å². The van der Waals surface area contributed by atoms with Crippen molar-refractivity contribution in [2.75, 3.05) is 44.2 Å². The number of halogens is 1. The summed E-state index contributed by atoms with van der Waals surface area (Å²) in [6.45, 7) is 4.29. The van der Waals surface area contributed by atoms with Crippen LogP contribution >= 0.6 is 0 Å². The number of aliphatic hydroxyl groups excluding tert-OH is 1. The van der Waals surface area contributed by atoms with E-state index in [1.807, 2.05) is 0 Å². The van der Waals surface area contributed by atoms with Gasteiger partial charge in [0.05, 0.1) is 17.9 Å². The van der Waals surface area contributed by atoms with E-state index in [0.29, 0.717) is 12.1 Å². The van der Waals surface area contributed by atoms with Crippen molar-refractivity contribution in [1.82, 2.24) is 4.90 Å². The van der Waals surface area contributed by atoms with Gasteiger partial charge in [0.2, 0.25) is 0 Å². The quantitative estimate of drug-likeness (QED) is 0.890. The van der Waals surface area contributed by atoms with Crippen LogP contribution in [0.5, 0.6) is 0 Å². The van der Waals surface area contributed by atoms with Gasteiger partial charge in [-0.05, 0) is 31.2 Å². The molecule has 0 aromatic heterocycles. The van der Waals surface area contributed by atoms with Crippen molar-refractivity contribution in [3.05, 3.63) is 29.6 Å². The second-order valence-electron chi connectivity index (χ2n) is 4.68. The van der Waals surface area contributed by atoms with Gasteiger partial charge >= 0.3 is 0 Å². The van der Waals surface area contributed by atoms with E-state index < -0.39 is 0 Å². The summed E-state index contributed by atoms with van der Waals surface area (Å²) >= 11 is 0. The van der Waals surface area contributed by atoms with E-state index in [1.165, 1.54) is 12.1 Å². The average molecular weight is 263 g/mol. The van der Waals surface area contributed by atoms with Crippen LogP contribution in [0.3, 0.4) is 0 Å². The first-order valence-electron chi connectivity index (χ1n) is 6.52. The molecule has 1 saturated heterocycles. The van der Waals surface area contributed by atoms with E-state index in [-0.39, 0.29) is 12.4 Å². The van der Waals surface area contributed by atoms with Crippen LogP contribution in [-0.2, 0) is 0 Å². The summed E-state index contributed by atoms with van der Waals surface area (Å²) in [6, 6.07) is 6.41. The Morgan fingerprint density at radius 3 is 2.84 bits per heavy atom. The Bertz CT molecular complexity index is 472. The Labute approximate surface area is 112 Å². The third kappa shape index (κ3) is 3.43. The third-order valence-corrected chi connectivity index (χ3v) is 3.42. The lowest BCUT2D eigenvalue weighted by Gasteiger charge is -2.24. The third-order valence-electron chi connectivity index (χ3n) is 3.42. The largest absolute Gasteiger partial charge is 0.395 e. The van der Waals surface area contributed by atoms with E-state index in [9.17, 15) is 4.39 Å². The highest BCUT2D eigenvalue weighted by molar-refractivity contribution is 5.59. The van der Waals surface area contributed by atoms with Gasteiger partial charge in [0.15, 0.2) is 0 Å². The monoisotopic (exact) mass is 263 g/mol. The van der Waals surface area contributed by atoms with E-state index in [1.54, 1.807) is 6.07 Å². The Morgan fingerprint density at radius 2 is 2.11 bits per heavy atom. The molecule has 4 nitrogen and oxygen atoms in total. The molecule has 1 fully saturated rings. The second kappa shape index (κ2) is 6.50. The minimum atomic E-state index is -0.378. The predicted octanol–water partition coefficient (Wildman–Crippen LogP) is 1.20. The van der Waals surface area contributed by atoms with E-state index in [4.69, 9.17) is 10.4 Å². The van der Waals surface area contributed by atoms with Crippen LogP contribution in [-0.4, -0.2) is 49.3 Å². The van der Waals surface area contributed by atoms with E-state index >= 15 is 0 Å². The molecular weight excluding hydrogens is 245 g/mol. The number of rotatable bonds is 3. The molecule has 1 aliphatic heterocycles. The van der Waals surface area contributed by atoms with Crippen molar-refractivity contribution < 1.29 is 9.50 Å². The van der Waals surface area contributed by atoms with Gasteiger partial charge in [-0.15, -0.1) is 0 Å². The Hall–Kier alpha value is -1.64. The van der Waals surface area contributed by atoms with Crippen molar-refractivity contribution in [2.24, 2.45) is 0 Å². The summed E-state index contributed by atoms with van der Waals surface area (Å²) in [5.74, 6) is -0.378. The van der Waals surface area contributed by atoms with Crippen molar-refractivity contribution in [3.8, 4) is 6.07 Å². The lowest BCUT2D eigenvalue weighted by Crippen LogP contribution is -2.32. The zero-order chi connectivity index (χ0) is 13.7. The maximum atomic E-state index is 13.1. The van der Waals surface area contributed by atoms with Crippen molar-refractivity contribution in [2.45, 2.75) is 6.42 Å². The highest BCUT2D eigenvalue weighted by atomic mass is 19.1. The average Bonchev–Trinajstić information content (AvgIpc) is 2.65. The summed E-state index contributed by atoms with van der Waals surface area (Å²) in [5, 5.41) is 18.1. The Morgan fingerprint density at radius 1 is 1.26 bits per heavy atom. The fourth-order valence-electron chi connectivity index (χ4n) is 2.45. The highest BCUT2D eigenvalue weighted by Gasteiger charge is 2.17. The zero-order valence-electron chi connectivity index (χ0n) is 10.8. The van der Waals surface area contributed by atoms with Gasteiger partial charge in [-0.2, -0.15) is 5.26 Å². The van der Waals surface area contributed by atoms with Crippen LogP contribution in [0.2, 0.25) is 0 Å². The van der Waals surface area contributed by atoms with Crippen LogP contribution in [0.4, 0.5) is 10.1 Å². The number of nitriles is 1. The van der Waals surface area contributed by atoms with Crippen LogP contribution < -0.4 is 4.90 Å². The number of nitrogens with zero attached hydrogens (tertiary/aromatic N) is 3. The molecule has 1 aromatic carbocycles. The molecule has 19 heavy (non-hydrogen) atoms. The van der Waals surface area contributed by atoms with Gasteiger partial charge in [-0.25, -0.2) is 4.39 Å². The number of hydrogen-bond donors (Lipinski definition) is 1. The van der Waals surface area contributed by atoms with Gasteiger partial charge in [-0.1, -0.05) is 0 Å². The molecule has 0 bridgehead atoms. The van der Waals surface area contributed by atoms with Crippen LogP contribution in [0.15, 0.2) is 18.2 Å². The first kappa shape index (κ1) is 13.8. The molecule has 0 saturated carbocycles. The number of aliphatic hydroxyl groups is 1. The zero-order valence-corrected chi connectivity index (χ0v) is 10.8. The molecule has 1 aromatic rings. The van der Waals surface area contributed by atoms with Gasteiger partial charge in [0.1, 0.15) is 11.9 Å². The van der Waals surface area contributed by atoms with Crippen LogP contribution in [0.25, 0.3) is 0 Å². The summed E-state index contributed by atoms with van der Waals surface area (Å²) < 4.78 is 13.1. The number of benzene rings is 1. The molecule has 2 rings (SSSR count). The summed E-state index contributed by atoms with van der Waals surface area (Å²) in [6.07, 6.45) is 0.974. The summed E-state index contributed by atoms with van der Waals surface area (Å²) in [5.41, 5.74) is 1.19. The molecule has 0 atom stereocenters. The lowest BCUT2D eigenvalue weighted by molar-refractivity contribution is 0.204. The molecular formula is C14H18FN3O. The maximum absolute atomic E-state index is 13.1. The van der Waals surface area contributed by atoms with Gasteiger partial charge < -0.3 is 10.0 Å². The van der Waals surface area contributed by atoms with Crippen molar-refractivity contribution in [3.63, 3.8) is 0 Å². The second-order valence-corrected chi connectivity index (χ2v) is 4.68. The maximum Gasteiger partial charge on any atom is 0.124 e. The van der Waals surface area contributed by atoms with Gasteiger partial charge in [0.25, 0.3) is 0 Å². The standard InChI is InChI=1S/C14H18FN3O/c15-13-2-3-14(12(10-13)11-16)18-5-1-4-17(6-7-18)8-9-19/h2-3,10,19H,1,4-9H2. The van der Waals surface area contributed by atoms with Crippen molar-refractivity contribution in [1.29, 1.82) is 5.26 Å². The minimum Gasteiger partial charge on any atom is -0.395 e. The first-order chi connectivity index (χ1) is 9.24. The van der Waals surface area contributed by atoms with Crippen molar-refractivity contribution >= 4 is 5.69 Å². The topological polar surface area (TPSA) is 50.5 Å². The normalized spacial score (nSPS) is 17.0. The summed E-state index contributed by atoms with van der Waals surface area (Å²) in [4.78, 5) is 4.32. The Balaban J connectivity index is 2.12. The fourth-order valence-corrected chi connectivity index (χ4v) is 2.45. The molecule has 0 spiro atoms. The van der Waals surface area contributed by atoms with E-state index in [2.05, 4.69) is 15.9 Å². The smallest absolute Gasteiger partial charge is 0.124 e. The molecule has 0 aliphatic carbocycles. The molecule has 0 amide bonds. The fraction of sp³-hybridized carbons (Fsp3) is 0.500. The van der Waals surface area contributed by atoms with Gasteiger partial charge in [0, 0.05) is 26.2 Å². The molecule has 1 N–H and O–H groups in total.